The predicted octanol–water partition coefficient (Wildman–Crippen LogP) is 3.53. The molecule has 0 unspecified atom stereocenters. The third kappa shape index (κ3) is 4.36. The summed E-state index contributed by atoms with van der Waals surface area (Å²) in [5, 5.41) is 6.82. The molecular formula is C23H22FN7O. The van der Waals surface area contributed by atoms with Gasteiger partial charge >= 0.3 is 0 Å². The standard InChI is InChI=1S/C23H22FN7O/c1-14(16-4-3-5-17-18(23(32)25-2)6-7-26-22(16)17)10-27-20-8-19(30-13-31-20)15-11-28-21(9-24)29-12-15/h3-8,11-14H,9-10H2,1-2H3,(H,25,32)(H,27,30,31)/t14-/m1/s1. The molecule has 0 aliphatic heterocycles. The fraction of sp³-hybridized carbons (Fsp3) is 0.217. The van der Waals surface area contributed by atoms with Gasteiger partial charge < -0.3 is 10.6 Å². The van der Waals surface area contributed by atoms with Gasteiger partial charge in [0.2, 0.25) is 0 Å². The first kappa shape index (κ1) is 21.2. The molecule has 3 aromatic heterocycles. The molecular weight excluding hydrogens is 409 g/mol. The van der Waals surface area contributed by atoms with Gasteiger partial charge in [-0.3, -0.25) is 9.78 Å². The average Bonchev–Trinajstić information content (AvgIpc) is 2.86. The molecule has 1 aromatic carbocycles. The molecule has 162 valence electrons. The van der Waals surface area contributed by atoms with E-state index in [1.54, 1.807) is 37.8 Å². The highest BCUT2D eigenvalue weighted by Gasteiger charge is 2.15. The van der Waals surface area contributed by atoms with Crippen LogP contribution in [0.15, 0.2) is 55.2 Å². The Labute approximate surface area is 184 Å². The SMILES string of the molecule is CNC(=O)c1ccnc2c([C@H](C)CNc3cc(-c4cnc(CF)nc4)ncn3)cccc12. The van der Waals surface area contributed by atoms with Crippen LogP contribution in [0.3, 0.4) is 0 Å². The number of benzene rings is 1. The molecule has 0 aliphatic carbocycles. The van der Waals surface area contributed by atoms with Crippen molar-refractivity contribution in [3.8, 4) is 11.3 Å². The van der Waals surface area contributed by atoms with Gasteiger partial charge in [-0.25, -0.2) is 24.3 Å². The molecule has 0 saturated carbocycles. The minimum atomic E-state index is -0.706. The smallest absolute Gasteiger partial charge is 0.251 e. The highest BCUT2D eigenvalue weighted by atomic mass is 19.1. The van der Waals surface area contributed by atoms with Crippen LogP contribution in [0.25, 0.3) is 22.2 Å². The normalized spacial score (nSPS) is 11.8. The van der Waals surface area contributed by atoms with E-state index in [0.29, 0.717) is 29.2 Å². The second kappa shape index (κ2) is 9.42. The van der Waals surface area contributed by atoms with Crippen molar-refractivity contribution in [3.05, 3.63) is 72.2 Å². The molecule has 32 heavy (non-hydrogen) atoms. The van der Waals surface area contributed by atoms with Gasteiger partial charge in [-0.05, 0) is 11.6 Å². The largest absolute Gasteiger partial charge is 0.369 e. The summed E-state index contributed by atoms with van der Waals surface area (Å²) in [6.45, 7) is 1.97. The number of para-hydroxylation sites is 1. The zero-order valence-corrected chi connectivity index (χ0v) is 17.7. The number of hydrogen-bond donors (Lipinski definition) is 2. The summed E-state index contributed by atoms with van der Waals surface area (Å²) in [6, 6.07) is 9.38. The predicted molar refractivity (Wildman–Crippen MR) is 120 cm³/mol. The summed E-state index contributed by atoms with van der Waals surface area (Å²) in [4.78, 5) is 33.2. The highest BCUT2D eigenvalue weighted by molar-refractivity contribution is 6.06. The number of rotatable bonds is 7. The Morgan fingerprint density at radius 2 is 1.91 bits per heavy atom. The fourth-order valence-electron chi connectivity index (χ4n) is 3.46. The van der Waals surface area contributed by atoms with E-state index in [9.17, 15) is 9.18 Å². The maximum absolute atomic E-state index is 12.6. The number of carbonyl (C=O) groups excluding carboxylic acids is 1. The Morgan fingerprint density at radius 3 is 2.66 bits per heavy atom. The van der Waals surface area contributed by atoms with E-state index < -0.39 is 6.67 Å². The number of alkyl halides is 1. The topological polar surface area (TPSA) is 106 Å². The number of pyridine rings is 1. The van der Waals surface area contributed by atoms with E-state index in [1.807, 2.05) is 18.2 Å². The van der Waals surface area contributed by atoms with Crippen LogP contribution in [-0.2, 0) is 6.67 Å². The summed E-state index contributed by atoms with van der Waals surface area (Å²) in [5.74, 6) is 0.739. The van der Waals surface area contributed by atoms with Crippen LogP contribution in [0.4, 0.5) is 10.2 Å². The lowest BCUT2D eigenvalue weighted by molar-refractivity contribution is 0.0964. The minimum absolute atomic E-state index is 0.0942. The van der Waals surface area contributed by atoms with E-state index in [1.165, 1.54) is 6.33 Å². The van der Waals surface area contributed by atoms with E-state index >= 15 is 0 Å². The van der Waals surface area contributed by atoms with Crippen LogP contribution >= 0.6 is 0 Å². The maximum Gasteiger partial charge on any atom is 0.251 e. The molecule has 1 amide bonds. The van der Waals surface area contributed by atoms with Crippen molar-refractivity contribution >= 4 is 22.6 Å². The molecule has 0 radical (unpaired) electrons. The Hall–Kier alpha value is -4.01. The van der Waals surface area contributed by atoms with Gasteiger partial charge in [0, 0.05) is 55.1 Å². The van der Waals surface area contributed by atoms with Gasteiger partial charge in [-0.1, -0.05) is 25.1 Å². The van der Waals surface area contributed by atoms with Crippen LogP contribution in [0.1, 0.15) is 34.6 Å². The first-order valence-electron chi connectivity index (χ1n) is 10.1. The number of amides is 1. The van der Waals surface area contributed by atoms with Crippen LogP contribution in [0, 0.1) is 0 Å². The third-order valence-electron chi connectivity index (χ3n) is 5.18. The number of aromatic nitrogens is 5. The van der Waals surface area contributed by atoms with Crippen LogP contribution in [0.5, 0.6) is 0 Å². The van der Waals surface area contributed by atoms with Gasteiger partial charge in [0.05, 0.1) is 16.8 Å². The summed E-state index contributed by atoms with van der Waals surface area (Å²) in [7, 11) is 1.61. The quantitative estimate of drug-likeness (QED) is 0.461. The molecule has 0 bridgehead atoms. The van der Waals surface area contributed by atoms with E-state index in [0.717, 1.165) is 16.5 Å². The maximum atomic E-state index is 12.6. The Bertz CT molecular complexity index is 1250. The van der Waals surface area contributed by atoms with Crippen LogP contribution < -0.4 is 10.6 Å². The lowest BCUT2D eigenvalue weighted by Crippen LogP contribution is -2.18. The van der Waals surface area contributed by atoms with Gasteiger partial charge in [-0.15, -0.1) is 0 Å². The van der Waals surface area contributed by atoms with Crippen molar-refractivity contribution in [2.45, 2.75) is 19.5 Å². The molecule has 8 nitrogen and oxygen atoms in total. The molecule has 4 rings (SSSR count). The molecule has 0 saturated heterocycles. The summed E-state index contributed by atoms with van der Waals surface area (Å²) in [6.07, 6.45) is 6.20. The van der Waals surface area contributed by atoms with Crippen molar-refractivity contribution in [2.75, 3.05) is 18.9 Å². The van der Waals surface area contributed by atoms with E-state index in [-0.39, 0.29) is 17.6 Å². The number of carbonyl (C=O) groups is 1. The lowest BCUT2D eigenvalue weighted by Gasteiger charge is -2.16. The average molecular weight is 431 g/mol. The summed E-state index contributed by atoms with van der Waals surface area (Å²) >= 11 is 0. The molecule has 3 heterocycles. The summed E-state index contributed by atoms with van der Waals surface area (Å²) in [5.41, 5.74) is 3.76. The zero-order valence-electron chi connectivity index (χ0n) is 17.7. The Morgan fingerprint density at radius 1 is 1.09 bits per heavy atom. The van der Waals surface area contributed by atoms with Crippen molar-refractivity contribution in [1.82, 2.24) is 30.2 Å². The monoisotopic (exact) mass is 431 g/mol. The zero-order chi connectivity index (χ0) is 22.5. The van der Waals surface area contributed by atoms with Crippen LogP contribution in [-0.4, -0.2) is 44.4 Å². The number of halogens is 1. The fourth-order valence-corrected chi connectivity index (χ4v) is 3.46. The number of nitrogens with zero attached hydrogens (tertiary/aromatic N) is 5. The number of fused-ring (bicyclic) bond motifs is 1. The number of anilines is 1. The number of nitrogens with one attached hydrogen (secondary N) is 2. The molecule has 0 fully saturated rings. The number of hydrogen-bond acceptors (Lipinski definition) is 7. The molecule has 2 N–H and O–H groups in total. The van der Waals surface area contributed by atoms with Gasteiger partial charge in [0.25, 0.3) is 5.91 Å². The van der Waals surface area contributed by atoms with Gasteiger partial charge in [0.15, 0.2) is 5.82 Å². The third-order valence-corrected chi connectivity index (χ3v) is 5.18. The van der Waals surface area contributed by atoms with Gasteiger partial charge in [0.1, 0.15) is 18.8 Å². The highest BCUT2D eigenvalue weighted by Crippen LogP contribution is 2.27. The first-order valence-corrected chi connectivity index (χ1v) is 10.1. The summed E-state index contributed by atoms with van der Waals surface area (Å²) < 4.78 is 12.6. The van der Waals surface area contributed by atoms with Crippen molar-refractivity contribution in [2.24, 2.45) is 0 Å². The minimum Gasteiger partial charge on any atom is -0.369 e. The van der Waals surface area contributed by atoms with Gasteiger partial charge in [-0.2, -0.15) is 0 Å². The Balaban J connectivity index is 1.53. The second-order valence-electron chi connectivity index (χ2n) is 7.27. The molecule has 4 aromatic rings. The molecule has 9 heteroatoms. The van der Waals surface area contributed by atoms with E-state index in [2.05, 4.69) is 42.5 Å². The van der Waals surface area contributed by atoms with Crippen LogP contribution in [0.2, 0.25) is 0 Å². The Kier molecular flexibility index (Phi) is 6.25. The lowest BCUT2D eigenvalue weighted by atomic mass is 9.96. The molecule has 1 atom stereocenters. The molecule has 0 aliphatic rings. The first-order chi connectivity index (χ1) is 15.6. The van der Waals surface area contributed by atoms with Crippen molar-refractivity contribution in [1.29, 1.82) is 0 Å². The van der Waals surface area contributed by atoms with Crippen molar-refractivity contribution < 1.29 is 9.18 Å². The van der Waals surface area contributed by atoms with E-state index in [4.69, 9.17) is 0 Å². The second-order valence-corrected chi connectivity index (χ2v) is 7.27. The molecule has 0 spiro atoms. The van der Waals surface area contributed by atoms with Crippen molar-refractivity contribution in [3.63, 3.8) is 0 Å².